The van der Waals surface area contributed by atoms with Gasteiger partial charge in [-0.05, 0) is 30.4 Å². The minimum Gasteiger partial charge on any atom is -0.347 e. The number of hydrogen-bond donors (Lipinski definition) is 0. The molecule has 2 aromatic rings. The number of halogens is 1. The fraction of sp³-hybridized carbons (Fsp3) is 0.385. The van der Waals surface area contributed by atoms with E-state index in [1.54, 1.807) is 0 Å². The topological polar surface area (TPSA) is 4.93 Å². The molecule has 1 atom stereocenters. The number of alkyl halides is 1. The van der Waals surface area contributed by atoms with E-state index in [9.17, 15) is 4.39 Å². The standard InChI is InChI=1S/C13H16FN/c1-2-12(14)8-10-15-9-7-11-5-3-4-6-13(11)15/h3-7,9,12H,2,8,10H2,1H3. The Labute approximate surface area is 89.5 Å². The molecule has 2 heteroatoms. The summed E-state index contributed by atoms with van der Waals surface area (Å²) in [5.74, 6) is 0. The lowest BCUT2D eigenvalue weighted by Gasteiger charge is -2.07. The molecule has 1 aromatic carbocycles. The van der Waals surface area contributed by atoms with Gasteiger partial charge in [-0.1, -0.05) is 25.1 Å². The lowest BCUT2D eigenvalue weighted by Crippen LogP contribution is -2.04. The van der Waals surface area contributed by atoms with Crippen molar-refractivity contribution in [3.63, 3.8) is 0 Å². The van der Waals surface area contributed by atoms with E-state index in [4.69, 9.17) is 0 Å². The number of benzene rings is 1. The van der Waals surface area contributed by atoms with Crippen LogP contribution in [0.5, 0.6) is 0 Å². The number of rotatable bonds is 4. The first kappa shape index (κ1) is 10.2. The number of fused-ring (bicyclic) bond motifs is 1. The first-order chi connectivity index (χ1) is 7.31. The van der Waals surface area contributed by atoms with E-state index in [1.807, 2.05) is 25.3 Å². The molecule has 15 heavy (non-hydrogen) atoms. The molecule has 1 heterocycles. The Morgan fingerprint density at radius 1 is 1.27 bits per heavy atom. The van der Waals surface area contributed by atoms with Crippen LogP contribution in [-0.4, -0.2) is 10.7 Å². The summed E-state index contributed by atoms with van der Waals surface area (Å²) in [6.45, 7) is 2.65. The minimum atomic E-state index is -0.675. The molecular weight excluding hydrogens is 189 g/mol. The molecule has 0 fully saturated rings. The summed E-state index contributed by atoms with van der Waals surface area (Å²) < 4.78 is 15.2. The molecular formula is C13H16FN. The summed E-state index contributed by atoms with van der Waals surface area (Å²) in [4.78, 5) is 0. The fourth-order valence-electron chi connectivity index (χ4n) is 1.82. The van der Waals surface area contributed by atoms with E-state index in [2.05, 4.69) is 22.8 Å². The van der Waals surface area contributed by atoms with Gasteiger partial charge in [0.2, 0.25) is 0 Å². The summed E-state index contributed by atoms with van der Waals surface area (Å²) in [5, 5.41) is 1.23. The molecule has 1 unspecified atom stereocenters. The van der Waals surface area contributed by atoms with Crippen LogP contribution in [0.2, 0.25) is 0 Å². The molecule has 0 saturated heterocycles. The Hall–Kier alpha value is -1.31. The maximum Gasteiger partial charge on any atom is 0.102 e. The highest BCUT2D eigenvalue weighted by Gasteiger charge is 2.04. The van der Waals surface area contributed by atoms with Crippen molar-refractivity contribution < 1.29 is 4.39 Å². The summed E-state index contributed by atoms with van der Waals surface area (Å²) in [5.41, 5.74) is 1.20. The highest BCUT2D eigenvalue weighted by atomic mass is 19.1. The number of aryl methyl sites for hydroxylation is 1. The molecule has 0 bridgehead atoms. The van der Waals surface area contributed by atoms with Crippen LogP contribution in [0.25, 0.3) is 10.9 Å². The lowest BCUT2D eigenvalue weighted by atomic mass is 10.2. The SMILES string of the molecule is CCC(F)CCn1ccc2ccccc21. The highest BCUT2D eigenvalue weighted by molar-refractivity contribution is 5.79. The Balaban J connectivity index is 2.14. The van der Waals surface area contributed by atoms with Gasteiger partial charge in [-0.25, -0.2) is 4.39 Å². The maximum absolute atomic E-state index is 13.1. The van der Waals surface area contributed by atoms with Crippen molar-refractivity contribution >= 4 is 10.9 Å². The third kappa shape index (κ3) is 2.20. The van der Waals surface area contributed by atoms with Crippen molar-refractivity contribution in [3.05, 3.63) is 36.5 Å². The van der Waals surface area contributed by atoms with Gasteiger partial charge in [0.15, 0.2) is 0 Å². The molecule has 0 aliphatic rings. The van der Waals surface area contributed by atoms with E-state index in [0.717, 1.165) is 6.54 Å². The molecule has 0 amide bonds. The zero-order valence-electron chi connectivity index (χ0n) is 8.99. The van der Waals surface area contributed by atoms with Gasteiger partial charge in [-0.2, -0.15) is 0 Å². The van der Waals surface area contributed by atoms with Crippen molar-refractivity contribution in [1.29, 1.82) is 0 Å². The zero-order valence-corrected chi connectivity index (χ0v) is 8.99. The smallest absolute Gasteiger partial charge is 0.102 e. The fourth-order valence-corrected chi connectivity index (χ4v) is 1.82. The van der Waals surface area contributed by atoms with Crippen LogP contribution in [-0.2, 0) is 6.54 Å². The first-order valence-electron chi connectivity index (χ1n) is 5.49. The molecule has 1 aromatic heterocycles. The van der Waals surface area contributed by atoms with Crippen LogP contribution < -0.4 is 0 Å². The summed E-state index contributed by atoms with van der Waals surface area (Å²) in [7, 11) is 0. The van der Waals surface area contributed by atoms with Crippen molar-refractivity contribution in [1.82, 2.24) is 4.57 Å². The third-order valence-corrected chi connectivity index (χ3v) is 2.81. The largest absolute Gasteiger partial charge is 0.347 e. The van der Waals surface area contributed by atoms with Gasteiger partial charge in [0, 0.05) is 18.3 Å². The number of nitrogens with zero attached hydrogens (tertiary/aromatic N) is 1. The summed E-state index contributed by atoms with van der Waals surface area (Å²) in [6, 6.07) is 10.3. The van der Waals surface area contributed by atoms with Crippen LogP contribution in [0.15, 0.2) is 36.5 Å². The van der Waals surface area contributed by atoms with E-state index in [0.29, 0.717) is 12.8 Å². The van der Waals surface area contributed by atoms with Gasteiger partial charge in [0.25, 0.3) is 0 Å². The Morgan fingerprint density at radius 3 is 2.87 bits per heavy atom. The van der Waals surface area contributed by atoms with Crippen LogP contribution in [0.3, 0.4) is 0 Å². The number of hydrogen-bond acceptors (Lipinski definition) is 0. The summed E-state index contributed by atoms with van der Waals surface area (Å²) in [6.07, 6.45) is 2.58. The van der Waals surface area contributed by atoms with Gasteiger partial charge in [-0.15, -0.1) is 0 Å². The Morgan fingerprint density at radius 2 is 2.07 bits per heavy atom. The van der Waals surface area contributed by atoms with Crippen LogP contribution in [0.4, 0.5) is 4.39 Å². The molecule has 0 aliphatic carbocycles. The molecule has 0 N–H and O–H groups in total. The van der Waals surface area contributed by atoms with Gasteiger partial charge >= 0.3 is 0 Å². The van der Waals surface area contributed by atoms with E-state index < -0.39 is 6.17 Å². The monoisotopic (exact) mass is 205 g/mol. The average molecular weight is 205 g/mol. The van der Waals surface area contributed by atoms with Crippen LogP contribution in [0, 0.1) is 0 Å². The second-order valence-electron chi connectivity index (χ2n) is 3.86. The van der Waals surface area contributed by atoms with Gasteiger partial charge in [0.1, 0.15) is 6.17 Å². The quantitative estimate of drug-likeness (QED) is 0.715. The van der Waals surface area contributed by atoms with E-state index in [1.165, 1.54) is 10.9 Å². The molecule has 0 radical (unpaired) electrons. The van der Waals surface area contributed by atoms with Crippen LogP contribution in [0.1, 0.15) is 19.8 Å². The predicted molar refractivity (Wildman–Crippen MR) is 61.7 cm³/mol. The normalized spacial score (nSPS) is 13.2. The maximum atomic E-state index is 13.1. The molecule has 0 saturated carbocycles. The summed E-state index contributed by atoms with van der Waals surface area (Å²) >= 11 is 0. The first-order valence-corrected chi connectivity index (χ1v) is 5.49. The molecule has 0 aliphatic heterocycles. The van der Waals surface area contributed by atoms with Crippen LogP contribution >= 0.6 is 0 Å². The zero-order chi connectivity index (χ0) is 10.7. The second kappa shape index (κ2) is 4.47. The molecule has 80 valence electrons. The predicted octanol–water partition coefficient (Wildman–Crippen LogP) is 3.78. The second-order valence-corrected chi connectivity index (χ2v) is 3.86. The van der Waals surface area contributed by atoms with Gasteiger partial charge < -0.3 is 4.57 Å². The average Bonchev–Trinajstić information content (AvgIpc) is 2.69. The van der Waals surface area contributed by atoms with Crippen molar-refractivity contribution in [2.45, 2.75) is 32.5 Å². The third-order valence-electron chi connectivity index (χ3n) is 2.81. The van der Waals surface area contributed by atoms with Crippen molar-refractivity contribution in [2.24, 2.45) is 0 Å². The molecule has 1 nitrogen and oxygen atoms in total. The number of para-hydroxylation sites is 1. The van der Waals surface area contributed by atoms with Gasteiger partial charge in [0.05, 0.1) is 0 Å². The Kier molecular flexibility index (Phi) is 3.05. The van der Waals surface area contributed by atoms with E-state index in [-0.39, 0.29) is 0 Å². The lowest BCUT2D eigenvalue weighted by molar-refractivity contribution is 0.294. The minimum absolute atomic E-state index is 0.606. The molecule has 0 spiro atoms. The highest BCUT2D eigenvalue weighted by Crippen LogP contribution is 2.16. The molecule has 2 rings (SSSR count). The van der Waals surface area contributed by atoms with Gasteiger partial charge in [-0.3, -0.25) is 0 Å². The number of aromatic nitrogens is 1. The van der Waals surface area contributed by atoms with Crippen molar-refractivity contribution in [2.75, 3.05) is 0 Å². The van der Waals surface area contributed by atoms with Crippen molar-refractivity contribution in [3.8, 4) is 0 Å². The van der Waals surface area contributed by atoms with E-state index >= 15 is 0 Å². The Bertz CT molecular complexity index is 433.